The van der Waals surface area contributed by atoms with Gasteiger partial charge in [-0.15, -0.1) is 0 Å². The molecule has 1 aromatic carbocycles. The standard InChI is InChI=1S/C18H17N5O3/c24-17(13-8-21-22(10-13)9-12-4-2-1-3-5-12)23-7-6-14-15(20-11-19-14)16(23)18(25)26/h1-5,8,10-11,16H,6-7,9H2,(H,19,20)(H,25,26)/t16-/m0/s1. The van der Waals surface area contributed by atoms with E-state index in [1.54, 1.807) is 10.9 Å². The van der Waals surface area contributed by atoms with E-state index < -0.39 is 12.0 Å². The van der Waals surface area contributed by atoms with Crippen LogP contribution in [0.2, 0.25) is 0 Å². The van der Waals surface area contributed by atoms with Crippen LogP contribution in [-0.2, 0) is 17.8 Å². The minimum Gasteiger partial charge on any atom is -0.479 e. The predicted octanol–water partition coefficient (Wildman–Crippen LogP) is 1.48. The molecular weight excluding hydrogens is 334 g/mol. The Bertz CT molecular complexity index is 947. The Morgan fingerprint density at radius 1 is 1.27 bits per heavy atom. The van der Waals surface area contributed by atoms with Crippen molar-refractivity contribution < 1.29 is 14.7 Å². The monoisotopic (exact) mass is 351 g/mol. The number of H-pyrrole nitrogens is 1. The Balaban J connectivity index is 1.57. The van der Waals surface area contributed by atoms with E-state index in [0.29, 0.717) is 30.8 Å². The number of aromatic nitrogens is 4. The van der Waals surface area contributed by atoms with E-state index in [1.807, 2.05) is 30.3 Å². The number of rotatable bonds is 4. The molecule has 26 heavy (non-hydrogen) atoms. The lowest BCUT2D eigenvalue weighted by Crippen LogP contribution is -2.43. The number of carboxylic acid groups (broad SMARTS) is 1. The Hall–Kier alpha value is -3.42. The molecule has 132 valence electrons. The number of hydrogen-bond acceptors (Lipinski definition) is 4. The highest BCUT2D eigenvalue weighted by atomic mass is 16.4. The summed E-state index contributed by atoms with van der Waals surface area (Å²) in [5.41, 5.74) is 2.60. The summed E-state index contributed by atoms with van der Waals surface area (Å²) in [5.74, 6) is -1.45. The molecule has 8 nitrogen and oxygen atoms in total. The van der Waals surface area contributed by atoms with E-state index in [4.69, 9.17) is 0 Å². The second-order valence-electron chi connectivity index (χ2n) is 6.17. The van der Waals surface area contributed by atoms with Gasteiger partial charge >= 0.3 is 5.97 Å². The Labute approximate surface area is 149 Å². The summed E-state index contributed by atoms with van der Waals surface area (Å²) in [6.07, 6.45) is 5.13. The fourth-order valence-electron chi connectivity index (χ4n) is 3.24. The summed E-state index contributed by atoms with van der Waals surface area (Å²) in [6.45, 7) is 0.856. The van der Waals surface area contributed by atoms with Crippen LogP contribution < -0.4 is 0 Å². The first-order valence-electron chi connectivity index (χ1n) is 8.26. The SMILES string of the molecule is O=C(O)[C@@H]1c2nc[nH]c2CCN1C(=O)c1cnn(Cc2ccccc2)c1. The van der Waals surface area contributed by atoms with Crippen LogP contribution in [0, 0.1) is 0 Å². The van der Waals surface area contributed by atoms with E-state index in [1.165, 1.54) is 17.4 Å². The zero-order valence-electron chi connectivity index (χ0n) is 13.9. The van der Waals surface area contributed by atoms with Crippen molar-refractivity contribution in [1.29, 1.82) is 0 Å². The van der Waals surface area contributed by atoms with E-state index in [9.17, 15) is 14.7 Å². The van der Waals surface area contributed by atoms with Crippen molar-refractivity contribution in [1.82, 2.24) is 24.6 Å². The first kappa shape index (κ1) is 16.1. The molecule has 1 aliphatic heterocycles. The van der Waals surface area contributed by atoms with Gasteiger partial charge in [0.2, 0.25) is 0 Å². The third-order valence-electron chi connectivity index (χ3n) is 4.49. The van der Waals surface area contributed by atoms with Crippen molar-refractivity contribution in [3.05, 3.63) is 71.6 Å². The molecule has 0 bridgehead atoms. The highest BCUT2D eigenvalue weighted by Crippen LogP contribution is 2.28. The first-order valence-corrected chi connectivity index (χ1v) is 8.26. The molecular formula is C18H17N5O3. The smallest absolute Gasteiger partial charge is 0.332 e. The van der Waals surface area contributed by atoms with Crippen LogP contribution in [0.3, 0.4) is 0 Å². The molecule has 2 aromatic heterocycles. The molecule has 1 aliphatic rings. The molecule has 0 fully saturated rings. The predicted molar refractivity (Wildman–Crippen MR) is 91.5 cm³/mol. The fourth-order valence-corrected chi connectivity index (χ4v) is 3.24. The molecule has 1 atom stereocenters. The van der Waals surface area contributed by atoms with Crippen molar-refractivity contribution in [2.75, 3.05) is 6.54 Å². The van der Waals surface area contributed by atoms with Gasteiger partial charge in [0.1, 0.15) is 0 Å². The molecule has 0 unspecified atom stereocenters. The number of nitrogens with one attached hydrogen (secondary N) is 1. The van der Waals surface area contributed by atoms with Crippen LogP contribution in [-0.4, -0.2) is 48.2 Å². The van der Waals surface area contributed by atoms with Crippen molar-refractivity contribution >= 4 is 11.9 Å². The highest BCUT2D eigenvalue weighted by Gasteiger charge is 2.38. The second-order valence-corrected chi connectivity index (χ2v) is 6.17. The van der Waals surface area contributed by atoms with Gasteiger partial charge in [0.15, 0.2) is 6.04 Å². The lowest BCUT2D eigenvalue weighted by Gasteiger charge is -2.31. The van der Waals surface area contributed by atoms with Crippen molar-refractivity contribution in [3.63, 3.8) is 0 Å². The molecule has 8 heteroatoms. The van der Waals surface area contributed by atoms with Crippen molar-refractivity contribution in [2.45, 2.75) is 19.0 Å². The average Bonchev–Trinajstić information content (AvgIpc) is 3.30. The zero-order chi connectivity index (χ0) is 18.1. The molecule has 0 saturated carbocycles. The maximum absolute atomic E-state index is 12.9. The van der Waals surface area contributed by atoms with Gasteiger partial charge < -0.3 is 15.0 Å². The minimum absolute atomic E-state index is 0.314. The van der Waals surface area contributed by atoms with Crippen LogP contribution in [0.15, 0.2) is 49.1 Å². The van der Waals surface area contributed by atoms with Crippen LogP contribution in [0.25, 0.3) is 0 Å². The summed E-state index contributed by atoms with van der Waals surface area (Å²) in [5, 5.41) is 13.8. The number of carbonyl (C=O) groups excluding carboxylic acids is 1. The minimum atomic E-state index is -1.09. The third kappa shape index (κ3) is 2.85. The summed E-state index contributed by atoms with van der Waals surface area (Å²) >= 11 is 0. The van der Waals surface area contributed by atoms with Crippen LogP contribution in [0.5, 0.6) is 0 Å². The molecule has 2 N–H and O–H groups in total. The Morgan fingerprint density at radius 2 is 2.08 bits per heavy atom. The molecule has 3 heterocycles. The van der Waals surface area contributed by atoms with Crippen LogP contribution >= 0.6 is 0 Å². The largest absolute Gasteiger partial charge is 0.479 e. The topological polar surface area (TPSA) is 104 Å². The summed E-state index contributed by atoms with van der Waals surface area (Å²) in [6, 6.07) is 8.69. The lowest BCUT2D eigenvalue weighted by atomic mass is 10.0. The second kappa shape index (κ2) is 6.47. The third-order valence-corrected chi connectivity index (χ3v) is 4.49. The number of hydrogen-bond donors (Lipinski definition) is 2. The van der Waals surface area contributed by atoms with Gasteiger partial charge in [0.05, 0.1) is 30.3 Å². The zero-order valence-corrected chi connectivity index (χ0v) is 13.9. The van der Waals surface area contributed by atoms with Crippen LogP contribution in [0.4, 0.5) is 0 Å². The Kier molecular flexibility index (Phi) is 4.00. The Morgan fingerprint density at radius 3 is 2.85 bits per heavy atom. The molecule has 3 aromatic rings. The van der Waals surface area contributed by atoms with Gasteiger partial charge in [0, 0.05) is 24.9 Å². The summed E-state index contributed by atoms with van der Waals surface area (Å²) < 4.78 is 1.67. The first-order chi connectivity index (χ1) is 12.6. The number of carboxylic acids is 1. The molecule has 0 aliphatic carbocycles. The summed E-state index contributed by atoms with van der Waals surface area (Å²) in [7, 11) is 0. The van der Waals surface area contributed by atoms with E-state index in [2.05, 4.69) is 15.1 Å². The quantitative estimate of drug-likeness (QED) is 0.741. The fraction of sp³-hybridized carbons (Fsp3) is 0.222. The molecule has 0 radical (unpaired) electrons. The molecule has 0 saturated heterocycles. The normalized spacial score (nSPS) is 16.3. The van der Waals surface area contributed by atoms with Gasteiger partial charge in [-0.25, -0.2) is 9.78 Å². The number of nitrogens with zero attached hydrogens (tertiary/aromatic N) is 4. The van der Waals surface area contributed by atoms with Crippen molar-refractivity contribution in [3.8, 4) is 0 Å². The average molecular weight is 351 g/mol. The van der Waals surface area contributed by atoms with Gasteiger partial charge in [0.25, 0.3) is 5.91 Å². The van der Waals surface area contributed by atoms with Gasteiger partial charge in [-0.05, 0) is 5.56 Å². The number of benzene rings is 1. The van der Waals surface area contributed by atoms with Gasteiger partial charge in [-0.3, -0.25) is 9.48 Å². The number of fused-ring (bicyclic) bond motifs is 1. The van der Waals surface area contributed by atoms with E-state index in [-0.39, 0.29) is 5.91 Å². The number of carbonyl (C=O) groups is 2. The van der Waals surface area contributed by atoms with Crippen molar-refractivity contribution in [2.24, 2.45) is 0 Å². The van der Waals surface area contributed by atoms with E-state index in [0.717, 1.165) is 11.3 Å². The highest BCUT2D eigenvalue weighted by molar-refractivity contribution is 5.96. The lowest BCUT2D eigenvalue weighted by molar-refractivity contribution is -0.143. The summed E-state index contributed by atoms with van der Waals surface area (Å²) in [4.78, 5) is 33.0. The number of imidazole rings is 1. The molecule has 0 spiro atoms. The van der Waals surface area contributed by atoms with E-state index >= 15 is 0 Å². The maximum atomic E-state index is 12.9. The van der Waals surface area contributed by atoms with Gasteiger partial charge in [-0.2, -0.15) is 5.10 Å². The molecule has 1 amide bonds. The number of amides is 1. The molecule has 4 rings (SSSR count). The number of aromatic amines is 1. The van der Waals surface area contributed by atoms with Crippen LogP contribution in [0.1, 0.15) is 33.4 Å². The van der Waals surface area contributed by atoms with Gasteiger partial charge in [-0.1, -0.05) is 30.3 Å². The maximum Gasteiger partial charge on any atom is 0.332 e. The number of aliphatic carboxylic acids is 1.